The molecule has 0 spiro atoms. The minimum absolute atomic E-state index is 0.00945. The fourth-order valence-corrected chi connectivity index (χ4v) is 1.83. The Labute approximate surface area is 109 Å². The van der Waals surface area contributed by atoms with E-state index < -0.39 is 0 Å². The Morgan fingerprint density at radius 1 is 1.18 bits per heavy atom. The van der Waals surface area contributed by atoms with Crippen molar-refractivity contribution in [3.8, 4) is 0 Å². The van der Waals surface area contributed by atoms with E-state index >= 15 is 0 Å². The Morgan fingerprint density at radius 2 is 1.65 bits per heavy atom. The monoisotopic (exact) mass is 251 g/mol. The van der Waals surface area contributed by atoms with Gasteiger partial charge >= 0.3 is 0 Å². The first-order valence-corrected chi connectivity index (χ1v) is 6.27. The third-order valence-corrected chi connectivity index (χ3v) is 3.12. The summed E-state index contributed by atoms with van der Waals surface area (Å²) in [6.07, 6.45) is 0. The summed E-state index contributed by atoms with van der Waals surface area (Å²) in [5.41, 5.74) is 2.28. The molecule has 0 saturated heterocycles. The van der Waals surface area contributed by atoms with Crippen LogP contribution in [0.15, 0.2) is 24.3 Å². The molecule has 0 unspecified atom stereocenters. The van der Waals surface area contributed by atoms with Crippen LogP contribution in [-0.4, -0.2) is 21.3 Å². The number of hydrogen-bond donors (Lipinski definition) is 1. The fourth-order valence-electron chi connectivity index (χ4n) is 1.48. The van der Waals surface area contributed by atoms with Gasteiger partial charge in [0.05, 0.1) is 6.04 Å². The van der Waals surface area contributed by atoms with E-state index in [0.29, 0.717) is 4.99 Å². The normalized spacial score (nSPS) is 11.7. The summed E-state index contributed by atoms with van der Waals surface area (Å²) in [4.78, 5) is 0.473. The van der Waals surface area contributed by atoms with Gasteiger partial charge in [0, 0.05) is 5.56 Å². The minimum Gasteiger partial charge on any atom is -0.287 e. The zero-order valence-electron chi connectivity index (χ0n) is 11.2. The van der Waals surface area contributed by atoms with Gasteiger partial charge in [-0.25, -0.2) is 5.06 Å². The van der Waals surface area contributed by atoms with E-state index in [0.717, 1.165) is 10.6 Å². The van der Waals surface area contributed by atoms with Gasteiger partial charge in [-0.1, -0.05) is 57.3 Å². The van der Waals surface area contributed by atoms with Crippen molar-refractivity contribution < 1.29 is 5.21 Å². The van der Waals surface area contributed by atoms with E-state index in [1.807, 2.05) is 26.0 Å². The molecule has 1 N–H and O–H groups in total. The Kier molecular flexibility index (Phi) is 4.28. The van der Waals surface area contributed by atoms with Crippen LogP contribution in [0.25, 0.3) is 0 Å². The van der Waals surface area contributed by atoms with Gasteiger partial charge in [0.1, 0.15) is 4.99 Å². The summed E-state index contributed by atoms with van der Waals surface area (Å²) in [5.74, 6) is 0. The molecular weight excluding hydrogens is 230 g/mol. The van der Waals surface area contributed by atoms with Crippen molar-refractivity contribution in [3.05, 3.63) is 35.4 Å². The number of benzene rings is 1. The van der Waals surface area contributed by atoms with Crippen molar-refractivity contribution in [1.82, 2.24) is 5.06 Å². The molecule has 0 fully saturated rings. The van der Waals surface area contributed by atoms with Gasteiger partial charge in [-0.05, 0) is 24.8 Å². The third kappa shape index (κ3) is 3.51. The van der Waals surface area contributed by atoms with E-state index in [9.17, 15) is 5.21 Å². The SMILES string of the molecule is CC(C)N(O)C(=S)c1ccc(C(C)(C)C)cc1. The Morgan fingerprint density at radius 3 is 2.00 bits per heavy atom. The highest BCUT2D eigenvalue weighted by atomic mass is 32.1. The molecule has 94 valence electrons. The molecule has 1 aromatic carbocycles. The summed E-state index contributed by atoms with van der Waals surface area (Å²) >= 11 is 5.23. The maximum absolute atomic E-state index is 9.77. The molecule has 3 heteroatoms. The lowest BCUT2D eigenvalue weighted by Crippen LogP contribution is -2.32. The van der Waals surface area contributed by atoms with Crippen LogP contribution in [0, 0.1) is 0 Å². The van der Waals surface area contributed by atoms with Gasteiger partial charge in [0.15, 0.2) is 0 Å². The molecule has 1 aromatic rings. The van der Waals surface area contributed by atoms with Gasteiger partial charge in [-0.2, -0.15) is 0 Å². The Balaban J connectivity index is 2.92. The smallest absolute Gasteiger partial charge is 0.134 e. The molecule has 0 saturated carbocycles. The first-order chi connectivity index (χ1) is 7.73. The zero-order valence-corrected chi connectivity index (χ0v) is 12.0. The van der Waals surface area contributed by atoms with Crippen LogP contribution in [0.3, 0.4) is 0 Å². The second-order valence-electron chi connectivity index (χ2n) is 5.57. The molecule has 0 radical (unpaired) electrons. The lowest BCUT2D eigenvalue weighted by molar-refractivity contribution is -0.0383. The Bertz CT molecular complexity index is 390. The second-order valence-corrected chi connectivity index (χ2v) is 5.96. The van der Waals surface area contributed by atoms with E-state index in [1.165, 1.54) is 5.56 Å². The molecule has 0 aliphatic carbocycles. The van der Waals surface area contributed by atoms with Crippen LogP contribution in [0.2, 0.25) is 0 Å². The highest BCUT2D eigenvalue weighted by Gasteiger charge is 2.15. The van der Waals surface area contributed by atoms with Crippen LogP contribution < -0.4 is 0 Å². The highest BCUT2D eigenvalue weighted by Crippen LogP contribution is 2.22. The number of nitrogens with zero attached hydrogens (tertiary/aromatic N) is 1. The molecule has 0 aromatic heterocycles. The predicted octanol–water partition coefficient (Wildman–Crippen LogP) is 3.76. The molecular formula is C14H21NOS. The molecule has 17 heavy (non-hydrogen) atoms. The summed E-state index contributed by atoms with van der Waals surface area (Å²) in [5, 5.41) is 10.9. The topological polar surface area (TPSA) is 23.5 Å². The fraction of sp³-hybridized carbons (Fsp3) is 0.500. The Hall–Kier alpha value is -0.930. The molecule has 0 amide bonds. The van der Waals surface area contributed by atoms with Crippen LogP contribution >= 0.6 is 12.2 Å². The first-order valence-electron chi connectivity index (χ1n) is 5.86. The van der Waals surface area contributed by atoms with E-state index in [1.54, 1.807) is 0 Å². The molecule has 2 nitrogen and oxygen atoms in total. The summed E-state index contributed by atoms with van der Waals surface area (Å²) in [6, 6.07) is 8.05. The number of hydroxylamine groups is 2. The van der Waals surface area contributed by atoms with Crippen LogP contribution in [0.1, 0.15) is 45.7 Å². The largest absolute Gasteiger partial charge is 0.287 e. The maximum atomic E-state index is 9.77. The van der Waals surface area contributed by atoms with Crippen molar-refractivity contribution in [2.75, 3.05) is 0 Å². The number of hydrogen-bond acceptors (Lipinski definition) is 2. The van der Waals surface area contributed by atoms with Crippen molar-refractivity contribution in [2.24, 2.45) is 0 Å². The standard InChI is InChI=1S/C14H21NOS/c1-10(2)15(16)13(17)11-6-8-12(9-7-11)14(3,4)5/h6-10,16H,1-5H3. The van der Waals surface area contributed by atoms with Crippen molar-refractivity contribution in [1.29, 1.82) is 0 Å². The van der Waals surface area contributed by atoms with Crippen molar-refractivity contribution in [2.45, 2.75) is 46.1 Å². The minimum atomic E-state index is -0.00945. The van der Waals surface area contributed by atoms with Crippen LogP contribution in [0.5, 0.6) is 0 Å². The third-order valence-electron chi connectivity index (χ3n) is 2.70. The van der Waals surface area contributed by atoms with E-state index in [-0.39, 0.29) is 11.5 Å². The molecule has 1 rings (SSSR count). The summed E-state index contributed by atoms with van der Waals surface area (Å²) in [6.45, 7) is 10.3. The van der Waals surface area contributed by atoms with Crippen LogP contribution in [-0.2, 0) is 5.41 Å². The van der Waals surface area contributed by atoms with Gasteiger partial charge in [-0.3, -0.25) is 5.21 Å². The average molecular weight is 251 g/mol. The molecule has 0 aliphatic rings. The zero-order chi connectivity index (χ0) is 13.2. The molecule has 0 heterocycles. The first kappa shape index (κ1) is 14.1. The predicted molar refractivity (Wildman–Crippen MR) is 75.6 cm³/mol. The quantitative estimate of drug-likeness (QED) is 0.639. The van der Waals surface area contributed by atoms with Gasteiger partial charge in [0.25, 0.3) is 0 Å². The number of thiocarbonyl (C=S) groups is 1. The molecule has 0 atom stereocenters. The molecule has 0 aliphatic heterocycles. The van der Waals surface area contributed by atoms with E-state index in [4.69, 9.17) is 12.2 Å². The van der Waals surface area contributed by atoms with Crippen LogP contribution in [0.4, 0.5) is 0 Å². The van der Waals surface area contributed by atoms with Crippen molar-refractivity contribution in [3.63, 3.8) is 0 Å². The maximum Gasteiger partial charge on any atom is 0.134 e. The lowest BCUT2D eigenvalue weighted by Gasteiger charge is -2.23. The summed E-state index contributed by atoms with van der Waals surface area (Å²) < 4.78 is 0. The second kappa shape index (κ2) is 5.15. The average Bonchev–Trinajstić information content (AvgIpc) is 2.26. The van der Waals surface area contributed by atoms with Gasteiger partial charge in [-0.15, -0.1) is 0 Å². The van der Waals surface area contributed by atoms with E-state index in [2.05, 4.69) is 32.9 Å². The lowest BCUT2D eigenvalue weighted by atomic mass is 9.87. The van der Waals surface area contributed by atoms with Gasteiger partial charge < -0.3 is 0 Å². The van der Waals surface area contributed by atoms with Gasteiger partial charge in [0.2, 0.25) is 0 Å². The summed E-state index contributed by atoms with van der Waals surface area (Å²) in [7, 11) is 0. The van der Waals surface area contributed by atoms with Crippen molar-refractivity contribution >= 4 is 17.2 Å². The number of rotatable bonds is 2. The highest BCUT2D eigenvalue weighted by molar-refractivity contribution is 7.80. The molecule has 0 bridgehead atoms.